The van der Waals surface area contributed by atoms with Crippen molar-refractivity contribution in [2.75, 3.05) is 13.7 Å². The van der Waals surface area contributed by atoms with E-state index in [1.165, 1.54) is 19.2 Å². The van der Waals surface area contributed by atoms with Crippen LogP contribution in [0.25, 0.3) is 0 Å². The number of carbonyl (C=O) groups is 2. The molecule has 9 heteroatoms. The van der Waals surface area contributed by atoms with Crippen LogP contribution in [0.15, 0.2) is 18.2 Å². The highest BCUT2D eigenvalue weighted by Crippen LogP contribution is 2.28. The molecule has 0 spiro atoms. The molecule has 0 bridgehead atoms. The molecule has 1 N–H and O–H groups in total. The molecule has 2 unspecified atom stereocenters. The number of methoxy groups -OCH3 is 1. The van der Waals surface area contributed by atoms with Crippen LogP contribution in [0.2, 0.25) is 5.02 Å². The van der Waals surface area contributed by atoms with E-state index in [0.717, 1.165) is 6.07 Å². The molecule has 0 aliphatic heterocycles. The fourth-order valence-electron chi connectivity index (χ4n) is 1.87. The fourth-order valence-corrected chi connectivity index (χ4v) is 2.10. The molecule has 0 saturated heterocycles. The van der Waals surface area contributed by atoms with Crippen molar-refractivity contribution in [3.8, 4) is 5.75 Å². The summed E-state index contributed by atoms with van der Waals surface area (Å²) >= 11 is 5.87. The number of hydrogen-bond acceptors (Lipinski definition) is 6. The molecule has 1 amide bonds. The third kappa shape index (κ3) is 5.38. The molecule has 0 heterocycles. The summed E-state index contributed by atoms with van der Waals surface area (Å²) < 4.78 is 9.92. The zero-order chi connectivity index (χ0) is 18.3. The van der Waals surface area contributed by atoms with Crippen molar-refractivity contribution in [3.05, 3.63) is 33.3 Å². The van der Waals surface area contributed by atoms with Gasteiger partial charge in [-0.1, -0.05) is 31.9 Å². The van der Waals surface area contributed by atoms with Gasteiger partial charge in [-0.05, 0) is 12.0 Å². The smallest absolute Gasteiger partial charge is 0.328 e. The Balaban J connectivity index is 2.68. The van der Waals surface area contributed by atoms with E-state index in [4.69, 9.17) is 16.3 Å². The van der Waals surface area contributed by atoms with Crippen molar-refractivity contribution < 1.29 is 24.0 Å². The topological polar surface area (TPSA) is 108 Å². The molecule has 1 rings (SSSR count). The number of benzene rings is 1. The van der Waals surface area contributed by atoms with Gasteiger partial charge in [-0.25, -0.2) is 4.79 Å². The van der Waals surface area contributed by atoms with Crippen molar-refractivity contribution in [1.82, 2.24) is 5.32 Å². The molecule has 1 aromatic rings. The van der Waals surface area contributed by atoms with E-state index in [2.05, 4.69) is 10.1 Å². The number of nitro groups is 1. The second-order valence-electron chi connectivity index (χ2n) is 5.11. The molecule has 8 nitrogen and oxygen atoms in total. The van der Waals surface area contributed by atoms with Crippen LogP contribution in [0, 0.1) is 16.0 Å². The van der Waals surface area contributed by atoms with E-state index >= 15 is 0 Å². The Morgan fingerprint density at radius 1 is 1.42 bits per heavy atom. The Labute approximate surface area is 144 Å². The van der Waals surface area contributed by atoms with Gasteiger partial charge in [-0.2, -0.15) is 0 Å². The van der Waals surface area contributed by atoms with E-state index in [0.29, 0.717) is 6.42 Å². The van der Waals surface area contributed by atoms with Gasteiger partial charge in [-0.3, -0.25) is 14.9 Å². The third-order valence-electron chi connectivity index (χ3n) is 3.47. The predicted octanol–water partition coefficient (Wildman–Crippen LogP) is 2.33. The highest BCUT2D eigenvalue weighted by atomic mass is 35.5. The van der Waals surface area contributed by atoms with Crippen LogP contribution < -0.4 is 10.1 Å². The maximum atomic E-state index is 12.0. The molecule has 1 aromatic carbocycles. The summed E-state index contributed by atoms with van der Waals surface area (Å²) in [5, 5.41) is 13.2. The minimum atomic E-state index is -0.775. The summed E-state index contributed by atoms with van der Waals surface area (Å²) in [6.45, 7) is 3.32. The number of hydrogen-bond donors (Lipinski definition) is 1. The predicted molar refractivity (Wildman–Crippen MR) is 87.0 cm³/mol. The first-order chi connectivity index (χ1) is 11.3. The summed E-state index contributed by atoms with van der Waals surface area (Å²) in [7, 11) is 1.25. The number of halogens is 1. The van der Waals surface area contributed by atoms with Crippen molar-refractivity contribution in [2.45, 2.75) is 26.3 Å². The number of ether oxygens (including phenoxy) is 2. The van der Waals surface area contributed by atoms with Gasteiger partial charge in [0.25, 0.3) is 11.6 Å². The number of nitrogens with zero attached hydrogens (tertiary/aromatic N) is 1. The maximum Gasteiger partial charge on any atom is 0.328 e. The highest BCUT2D eigenvalue weighted by molar-refractivity contribution is 6.32. The van der Waals surface area contributed by atoms with Crippen LogP contribution in [0.1, 0.15) is 20.3 Å². The number of esters is 1. The molecular formula is C15H19ClN2O6. The first-order valence-corrected chi connectivity index (χ1v) is 7.61. The van der Waals surface area contributed by atoms with E-state index < -0.39 is 22.8 Å². The van der Waals surface area contributed by atoms with E-state index in [-0.39, 0.29) is 29.0 Å². The highest BCUT2D eigenvalue weighted by Gasteiger charge is 2.26. The number of nitrogens with one attached hydrogen (secondary N) is 1. The molecule has 0 saturated carbocycles. The first-order valence-electron chi connectivity index (χ1n) is 7.24. The quantitative estimate of drug-likeness (QED) is 0.434. The number of rotatable bonds is 8. The van der Waals surface area contributed by atoms with Crippen LogP contribution in [-0.2, 0) is 14.3 Å². The SMILES string of the molecule is CCC(C)C(NC(=O)COc1ccc([N+](=O)[O-])cc1Cl)C(=O)OC. The Hall–Kier alpha value is -2.35. The van der Waals surface area contributed by atoms with Gasteiger partial charge in [0.05, 0.1) is 17.1 Å². The Morgan fingerprint density at radius 3 is 2.58 bits per heavy atom. The van der Waals surface area contributed by atoms with Crippen molar-refractivity contribution in [2.24, 2.45) is 5.92 Å². The average molecular weight is 359 g/mol. The van der Waals surface area contributed by atoms with E-state index in [9.17, 15) is 19.7 Å². The van der Waals surface area contributed by atoms with Crippen LogP contribution in [0.5, 0.6) is 5.75 Å². The lowest BCUT2D eigenvalue weighted by atomic mass is 9.99. The molecule has 0 aromatic heterocycles. The van der Waals surface area contributed by atoms with Crippen LogP contribution >= 0.6 is 11.6 Å². The lowest BCUT2D eigenvalue weighted by Crippen LogP contribution is -2.47. The lowest BCUT2D eigenvalue weighted by molar-refractivity contribution is -0.384. The van der Waals surface area contributed by atoms with Crippen molar-refractivity contribution in [1.29, 1.82) is 0 Å². The summed E-state index contributed by atoms with van der Waals surface area (Å²) in [5.41, 5.74) is -0.181. The van der Waals surface area contributed by atoms with Crippen molar-refractivity contribution >= 4 is 29.2 Å². The fraction of sp³-hybridized carbons (Fsp3) is 0.467. The zero-order valence-electron chi connectivity index (χ0n) is 13.6. The normalized spacial score (nSPS) is 12.8. The molecular weight excluding hydrogens is 340 g/mol. The summed E-state index contributed by atoms with van der Waals surface area (Å²) in [6.07, 6.45) is 0.676. The average Bonchev–Trinajstić information content (AvgIpc) is 2.56. The number of carbonyl (C=O) groups excluding carboxylic acids is 2. The van der Waals surface area contributed by atoms with Crippen LogP contribution in [0.4, 0.5) is 5.69 Å². The molecule has 132 valence electrons. The summed E-state index contributed by atoms with van der Waals surface area (Å²) in [5.74, 6) is -1.04. The second-order valence-corrected chi connectivity index (χ2v) is 5.52. The Morgan fingerprint density at radius 2 is 2.08 bits per heavy atom. The molecule has 0 aliphatic rings. The van der Waals surface area contributed by atoms with Gasteiger partial charge < -0.3 is 14.8 Å². The molecule has 0 radical (unpaired) electrons. The second kappa shape index (κ2) is 9.07. The van der Waals surface area contributed by atoms with Gasteiger partial charge in [0.2, 0.25) is 0 Å². The number of non-ortho nitro benzene ring substituents is 1. The standard InChI is InChI=1S/C15H19ClN2O6/c1-4-9(2)14(15(20)23-3)17-13(19)8-24-12-6-5-10(18(21)22)7-11(12)16/h5-7,9,14H,4,8H2,1-3H3,(H,17,19). The minimum Gasteiger partial charge on any atom is -0.482 e. The number of amides is 1. The number of nitro benzene ring substituents is 1. The van der Waals surface area contributed by atoms with E-state index in [1.807, 2.05) is 13.8 Å². The maximum absolute atomic E-state index is 12.0. The summed E-state index contributed by atoms with van der Waals surface area (Å²) in [4.78, 5) is 33.7. The van der Waals surface area contributed by atoms with Crippen molar-refractivity contribution in [3.63, 3.8) is 0 Å². The third-order valence-corrected chi connectivity index (χ3v) is 3.77. The van der Waals surface area contributed by atoms with Gasteiger partial charge in [0.15, 0.2) is 6.61 Å². The molecule has 2 atom stereocenters. The van der Waals surface area contributed by atoms with Crippen LogP contribution in [-0.4, -0.2) is 36.6 Å². The summed E-state index contributed by atoms with van der Waals surface area (Å²) in [6, 6.07) is 2.88. The van der Waals surface area contributed by atoms with Gasteiger partial charge >= 0.3 is 5.97 Å². The van der Waals surface area contributed by atoms with Gasteiger partial charge in [0.1, 0.15) is 11.8 Å². The zero-order valence-corrected chi connectivity index (χ0v) is 14.3. The largest absolute Gasteiger partial charge is 0.482 e. The van der Waals surface area contributed by atoms with Gasteiger partial charge in [-0.15, -0.1) is 0 Å². The monoisotopic (exact) mass is 358 g/mol. The van der Waals surface area contributed by atoms with Gasteiger partial charge in [0, 0.05) is 12.1 Å². The minimum absolute atomic E-state index is 0.0171. The Bertz CT molecular complexity index is 622. The molecule has 0 fully saturated rings. The van der Waals surface area contributed by atoms with E-state index in [1.54, 1.807) is 0 Å². The lowest BCUT2D eigenvalue weighted by Gasteiger charge is -2.21. The molecule has 24 heavy (non-hydrogen) atoms. The molecule has 0 aliphatic carbocycles. The van der Waals surface area contributed by atoms with Crippen LogP contribution in [0.3, 0.4) is 0 Å². The Kier molecular flexibility index (Phi) is 7.44. The first kappa shape index (κ1) is 19.7.